The lowest BCUT2D eigenvalue weighted by atomic mass is 10.0. The highest BCUT2D eigenvalue weighted by Crippen LogP contribution is 2.30. The molecule has 2 heterocycles. The van der Waals surface area contributed by atoms with Crippen molar-refractivity contribution < 1.29 is 9.59 Å². The van der Waals surface area contributed by atoms with E-state index in [1.807, 2.05) is 11.4 Å². The van der Waals surface area contributed by atoms with E-state index >= 15 is 0 Å². The monoisotopic (exact) mass is 296 g/mol. The Bertz CT molecular complexity index is 488. The number of hydrazine groups is 1. The summed E-state index contributed by atoms with van der Waals surface area (Å²) in [5.74, 6) is 4.95. The average Bonchev–Trinajstić information content (AvgIpc) is 2.94. The van der Waals surface area contributed by atoms with Gasteiger partial charge in [0.05, 0.1) is 4.88 Å². The molecule has 0 saturated carbocycles. The van der Waals surface area contributed by atoms with E-state index in [1.165, 1.54) is 11.3 Å². The van der Waals surface area contributed by atoms with Crippen LogP contribution in [0.3, 0.4) is 0 Å². The topological polar surface area (TPSA) is 78.7 Å². The van der Waals surface area contributed by atoms with Crippen molar-refractivity contribution in [3.63, 3.8) is 0 Å². The third-order valence-corrected chi connectivity index (χ3v) is 4.46. The number of thiophene rings is 1. The molecule has 2 rings (SSSR count). The van der Waals surface area contributed by atoms with Gasteiger partial charge in [-0.3, -0.25) is 14.5 Å². The van der Waals surface area contributed by atoms with Crippen LogP contribution in [0.2, 0.25) is 0 Å². The summed E-state index contributed by atoms with van der Waals surface area (Å²) in [6.07, 6.45) is 0.338. The summed E-state index contributed by atoms with van der Waals surface area (Å²) in [5.41, 5.74) is 0.943. The van der Waals surface area contributed by atoms with Gasteiger partial charge >= 0.3 is 0 Å². The Morgan fingerprint density at radius 1 is 1.65 bits per heavy atom. The molecular weight excluding hydrogens is 276 g/mol. The lowest BCUT2D eigenvalue weighted by Crippen LogP contribution is -2.49. The maximum atomic E-state index is 12.1. The van der Waals surface area contributed by atoms with Gasteiger partial charge in [0.15, 0.2) is 0 Å². The SMILES string of the molecule is CC(C)N1CCNCC1c1ccsc1C(=O)N(N)C=O. The van der Waals surface area contributed by atoms with Crippen LogP contribution in [0, 0.1) is 0 Å². The quantitative estimate of drug-likeness (QED) is 0.368. The number of nitrogens with one attached hydrogen (secondary N) is 1. The highest BCUT2D eigenvalue weighted by molar-refractivity contribution is 7.12. The summed E-state index contributed by atoms with van der Waals surface area (Å²) in [4.78, 5) is 25.7. The Morgan fingerprint density at radius 3 is 3.05 bits per heavy atom. The van der Waals surface area contributed by atoms with Gasteiger partial charge in [-0.2, -0.15) is 0 Å². The number of hydrogen-bond donors (Lipinski definition) is 2. The summed E-state index contributed by atoms with van der Waals surface area (Å²) in [7, 11) is 0. The van der Waals surface area contributed by atoms with Crippen LogP contribution in [0.5, 0.6) is 0 Å². The van der Waals surface area contributed by atoms with Gasteiger partial charge in [0.2, 0.25) is 6.41 Å². The summed E-state index contributed by atoms with van der Waals surface area (Å²) in [6.45, 7) is 6.96. The largest absolute Gasteiger partial charge is 0.314 e. The normalized spacial score (nSPS) is 20.1. The fourth-order valence-corrected chi connectivity index (χ4v) is 3.44. The van der Waals surface area contributed by atoms with Crippen LogP contribution in [0.25, 0.3) is 0 Å². The first-order chi connectivity index (χ1) is 9.56. The Labute approximate surface area is 122 Å². The second-order valence-electron chi connectivity index (χ2n) is 5.07. The number of amides is 2. The molecule has 0 radical (unpaired) electrons. The Hall–Kier alpha value is -1.28. The molecule has 1 aliphatic heterocycles. The fraction of sp³-hybridized carbons (Fsp3) is 0.538. The Balaban J connectivity index is 2.30. The van der Waals surface area contributed by atoms with Crippen molar-refractivity contribution in [3.8, 4) is 0 Å². The molecule has 1 fully saturated rings. The number of piperazine rings is 1. The smallest absolute Gasteiger partial charge is 0.285 e. The van der Waals surface area contributed by atoms with Gasteiger partial charge in [-0.25, -0.2) is 10.9 Å². The zero-order valence-electron chi connectivity index (χ0n) is 11.7. The van der Waals surface area contributed by atoms with Gasteiger partial charge in [0.25, 0.3) is 5.91 Å². The summed E-state index contributed by atoms with van der Waals surface area (Å²) < 4.78 is 0. The summed E-state index contributed by atoms with van der Waals surface area (Å²) >= 11 is 1.32. The average molecular weight is 296 g/mol. The van der Waals surface area contributed by atoms with E-state index in [-0.39, 0.29) is 6.04 Å². The van der Waals surface area contributed by atoms with Crippen molar-refractivity contribution in [2.75, 3.05) is 19.6 Å². The van der Waals surface area contributed by atoms with E-state index in [9.17, 15) is 9.59 Å². The number of nitrogens with two attached hydrogens (primary N) is 1. The van der Waals surface area contributed by atoms with Crippen molar-refractivity contribution in [1.82, 2.24) is 15.2 Å². The van der Waals surface area contributed by atoms with E-state index in [2.05, 4.69) is 24.1 Å². The summed E-state index contributed by atoms with van der Waals surface area (Å²) in [6, 6.07) is 2.47. The molecule has 7 heteroatoms. The molecule has 1 aliphatic rings. The third kappa shape index (κ3) is 2.90. The molecule has 2 amide bonds. The molecule has 1 unspecified atom stereocenters. The van der Waals surface area contributed by atoms with E-state index in [0.717, 1.165) is 25.2 Å². The van der Waals surface area contributed by atoms with Gasteiger partial charge in [0, 0.05) is 31.7 Å². The minimum Gasteiger partial charge on any atom is -0.314 e. The maximum Gasteiger partial charge on any atom is 0.285 e. The Morgan fingerprint density at radius 2 is 2.40 bits per heavy atom. The maximum absolute atomic E-state index is 12.1. The molecule has 1 aromatic heterocycles. The van der Waals surface area contributed by atoms with E-state index in [1.54, 1.807) is 0 Å². The lowest BCUT2D eigenvalue weighted by molar-refractivity contribution is -0.116. The van der Waals surface area contributed by atoms with Crippen LogP contribution in [0.15, 0.2) is 11.4 Å². The van der Waals surface area contributed by atoms with Crippen molar-refractivity contribution in [1.29, 1.82) is 0 Å². The van der Waals surface area contributed by atoms with Gasteiger partial charge < -0.3 is 5.32 Å². The molecule has 6 nitrogen and oxygen atoms in total. The number of rotatable bonds is 4. The van der Waals surface area contributed by atoms with E-state index in [0.29, 0.717) is 22.3 Å². The predicted octanol–water partition coefficient (Wildman–Crippen LogP) is 0.575. The molecular formula is C13H20N4O2S. The van der Waals surface area contributed by atoms with E-state index < -0.39 is 5.91 Å². The van der Waals surface area contributed by atoms with Gasteiger partial charge in [-0.1, -0.05) is 0 Å². The lowest BCUT2D eigenvalue weighted by Gasteiger charge is -2.39. The Kier molecular flexibility index (Phi) is 4.87. The minimum atomic E-state index is -0.445. The number of carbonyl (C=O) groups is 2. The zero-order valence-corrected chi connectivity index (χ0v) is 12.5. The first-order valence-electron chi connectivity index (χ1n) is 6.63. The van der Waals surface area contributed by atoms with Crippen LogP contribution in [0.4, 0.5) is 0 Å². The molecule has 3 N–H and O–H groups in total. The van der Waals surface area contributed by atoms with Crippen LogP contribution >= 0.6 is 11.3 Å². The molecule has 110 valence electrons. The molecule has 1 aromatic rings. The first kappa shape index (κ1) is 15.1. The van der Waals surface area contributed by atoms with E-state index in [4.69, 9.17) is 5.84 Å². The number of imide groups is 1. The third-order valence-electron chi connectivity index (χ3n) is 3.55. The highest BCUT2D eigenvalue weighted by atomic mass is 32.1. The number of hydrogen-bond acceptors (Lipinski definition) is 6. The van der Waals surface area contributed by atoms with Crippen LogP contribution < -0.4 is 11.2 Å². The molecule has 1 atom stereocenters. The van der Waals surface area contributed by atoms with Crippen LogP contribution in [-0.4, -0.2) is 47.9 Å². The van der Waals surface area contributed by atoms with Gasteiger partial charge in [0.1, 0.15) is 0 Å². The summed E-state index contributed by atoms with van der Waals surface area (Å²) in [5, 5.41) is 5.83. The number of nitrogens with zero attached hydrogens (tertiary/aromatic N) is 2. The zero-order chi connectivity index (χ0) is 14.7. The van der Waals surface area contributed by atoms with Gasteiger partial charge in [-0.05, 0) is 30.9 Å². The molecule has 0 bridgehead atoms. The first-order valence-corrected chi connectivity index (χ1v) is 7.51. The standard InChI is InChI=1S/C13H20N4O2S/c1-9(2)16-5-4-15-7-11(16)10-3-6-20-12(10)13(19)17(14)8-18/h3,6,8-9,11,15H,4-5,7,14H2,1-2H3. The molecule has 0 aliphatic carbocycles. The molecule has 0 aromatic carbocycles. The fourth-order valence-electron chi connectivity index (χ4n) is 2.55. The highest BCUT2D eigenvalue weighted by Gasteiger charge is 2.30. The van der Waals surface area contributed by atoms with Crippen LogP contribution in [0.1, 0.15) is 35.1 Å². The molecule has 1 saturated heterocycles. The minimum absolute atomic E-state index is 0.133. The predicted molar refractivity (Wildman–Crippen MR) is 78.2 cm³/mol. The van der Waals surface area contributed by atoms with Gasteiger partial charge in [-0.15, -0.1) is 11.3 Å². The van der Waals surface area contributed by atoms with Crippen molar-refractivity contribution in [2.45, 2.75) is 25.9 Å². The van der Waals surface area contributed by atoms with Crippen molar-refractivity contribution in [3.05, 3.63) is 21.9 Å². The molecule has 20 heavy (non-hydrogen) atoms. The molecule has 0 spiro atoms. The van der Waals surface area contributed by atoms with Crippen molar-refractivity contribution >= 4 is 23.7 Å². The number of carbonyl (C=O) groups excluding carboxylic acids is 2. The second-order valence-corrected chi connectivity index (χ2v) is 5.99. The van der Waals surface area contributed by atoms with Crippen molar-refractivity contribution in [2.24, 2.45) is 5.84 Å². The van der Waals surface area contributed by atoms with Crippen LogP contribution in [-0.2, 0) is 4.79 Å². The second kappa shape index (κ2) is 6.45.